The van der Waals surface area contributed by atoms with E-state index >= 15 is 0 Å². The molecule has 0 bridgehead atoms. The van der Waals surface area contributed by atoms with Gasteiger partial charge in [-0.25, -0.2) is 9.18 Å². The predicted molar refractivity (Wildman–Crippen MR) is 72.2 cm³/mol. The third kappa shape index (κ3) is 4.02. The van der Waals surface area contributed by atoms with E-state index in [-0.39, 0.29) is 12.4 Å². The zero-order valence-corrected chi connectivity index (χ0v) is 12.5. The zero-order valence-electron chi connectivity index (χ0n) is 10.9. The van der Waals surface area contributed by atoms with Gasteiger partial charge in [-0.3, -0.25) is 4.79 Å². The van der Waals surface area contributed by atoms with Gasteiger partial charge in [-0.15, -0.1) is 0 Å². The first-order valence-electron chi connectivity index (χ1n) is 5.59. The minimum atomic E-state index is -0.967. The van der Waals surface area contributed by atoms with Gasteiger partial charge in [0.15, 0.2) is 0 Å². The largest absolute Gasteiger partial charge is 0.462 e. The zero-order chi connectivity index (χ0) is 14.6. The summed E-state index contributed by atoms with van der Waals surface area (Å²) < 4.78 is 18.8. The molecule has 1 rings (SSSR count). The van der Waals surface area contributed by atoms with Crippen molar-refractivity contribution in [1.29, 1.82) is 0 Å². The summed E-state index contributed by atoms with van der Waals surface area (Å²) in [7, 11) is 1.13. The number of carbonyl (C=O) groups excluding carboxylic acids is 2. The van der Waals surface area contributed by atoms with Gasteiger partial charge < -0.3 is 10.1 Å². The Labute approximate surface area is 119 Å². The highest BCUT2D eigenvalue weighted by Crippen LogP contribution is 2.27. The molecule has 0 aliphatic rings. The van der Waals surface area contributed by atoms with E-state index in [1.807, 2.05) is 0 Å². The summed E-state index contributed by atoms with van der Waals surface area (Å²) >= 11 is 3.28. The predicted octanol–water partition coefficient (Wildman–Crippen LogP) is 2.16. The molecule has 0 aromatic heterocycles. The van der Waals surface area contributed by atoms with Gasteiger partial charge >= 0.3 is 11.9 Å². The Balaban J connectivity index is 2.83. The second-order valence-electron chi connectivity index (χ2n) is 4.68. The van der Waals surface area contributed by atoms with Crippen molar-refractivity contribution < 1.29 is 18.7 Å². The molecule has 1 N–H and O–H groups in total. The van der Waals surface area contributed by atoms with E-state index < -0.39 is 17.3 Å². The average molecular weight is 332 g/mol. The average Bonchev–Trinajstić information content (AvgIpc) is 2.37. The number of hydrogen-bond acceptors (Lipinski definition) is 3. The van der Waals surface area contributed by atoms with Crippen LogP contribution >= 0.6 is 15.9 Å². The molecule has 0 saturated carbocycles. The number of esters is 1. The summed E-state index contributed by atoms with van der Waals surface area (Å²) in [6.07, 6.45) is 0. The van der Waals surface area contributed by atoms with Crippen LogP contribution in [0.3, 0.4) is 0 Å². The highest BCUT2D eigenvalue weighted by atomic mass is 79.9. The van der Waals surface area contributed by atoms with Crippen molar-refractivity contribution in [3.63, 3.8) is 0 Å². The third-order valence-electron chi connectivity index (χ3n) is 2.72. The Morgan fingerprint density at radius 2 is 2.05 bits per heavy atom. The molecule has 0 unspecified atom stereocenters. The summed E-state index contributed by atoms with van der Waals surface area (Å²) in [6.45, 7) is 3.67. The first kappa shape index (κ1) is 15.6. The highest BCUT2D eigenvalue weighted by Gasteiger charge is 2.26. The maximum Gasteiger partial charge on any atom is 0.396 e. The van der Waals surface area contributed by atoms with Crippen LogP contribution in [-0.4, -0.2) is 25.5 Å². The molecule has 0 aliphatic heterocycles. The Hall–Kier alpha value is -1.43. The summed E-state index contributed by atoms with van der Waals surface area (Å²) in [4.78, 5) is 22.3. The Bertz CT molecular complexity index is 503. The number of benzene rings is 1. The number of methoxy groups -OCH3 is 1. The molecule has 1 aromatic carbocycles. The van der Waals surface area contributed by atoms with Crippen molar-refractivity contribution >= 4 is 27.8 Å². The molecule has 0 spiro atoms. The molecule has 6 heteroatoms. The first-order valence-corrected chi connectivity index (χ1v) is 6.39. The molecule has 0 fully saturated rings. The van der Waals surface area contributed by atoms with Gasteiger partial charge in [0.05, 0.1) is 7.11 Å². The molecular weight excluding hydrogens is 317 g/mol. The molecule has 1 amide bonds. The van der Waals surface area contributed by atoms with E-state index in [1.54, 1.807) is 26.0 Å². The Morgan fingerprint density at radius 3 is 2.63 bits per heavy atom. The monoisotopic (exact) mass is 331 g/mol. The quantitative estimate of drug-likeness (QED) is 0.682. The van der Waals surface area contributed by atoms with Crippen LogP contribution in [0.1, 0.15) is 19.4 Å². The van der Waals surface area contributed by atoms with Gasteiger partial charge in [0.1, 0.15) is 5.82 Å². The fourth-order valence-electron chi connectivity index (χ4n) is 1.58. The van der Waals surface area contributed by atoms with Crippen LogP contribution < -0.4 is 5.32 Å². The van der Waals surface area contributed by atoms with Crippen molar-refractivity contribution in [2.24, 2.45) is 0 Å². The molecule has 0 atom stereocenters. The lowest BCUT2D eigenvalue weighted by Crippen LogP contribution is -2.40. The molecule has 0 radical (unpaired) electrons. The lowest BCUT2D eigenvalue weighted by molar-refractivity contribution is -0.152. The Morgan fingerprint density at radius 1 is 1.42 bits per heavy atom. The number of ether oxygens (including phenoxy) is 1. The second-order valence-corrected chi connectivity index (χ2v) is 5.60. The SMILES string of the molecule is COC(=O)C(=O)NCC(C)(C)c1cc(Br)ccc1F. The topological polar surface area (TPSA) is 55.4 Å². The van der Waals surface area contributed by atoms with Gasteiger partial charge in [0.25, 0.3) is 0 Å². The van der Waals surface area contributed by atoms with Crippen molar-refractivity contribution in [3.8, 4) is 0 Å². The van der Waals surface area contributed by atoms with Crippen LogP contribution in [0.25, 0.3) is 0 Å². The van der Waals surface area contributed by atoms with Crippen LogP contribution in [0.15, 0.2) is 22.7 Å². The minimum Gasteiger partial charge on any atom is -0.462 e. The maximum atomic E-state index is 13.8. The number of halogens is 2. The van der Waals surface area contributed by atoms with Crippen LogP contribution in [-0.2, 0) is 19.7 Å². The summed E-state index contributed by atoms with van der Waals surface area (Å²) in [5.74, 6) is -2.17. The molecule has 0 heterocycles. The number of nitrogens with one attached hydrogen (secondary N) is 1. The molecule has 0 aliphatic carbocycles. The van der Waals surface area contributed by atoms with E-state index in [2.05, 4.69) is 26.0 Å². The molecular formula is C13H15BrFNO3. The van der Waals surface area contributed by atoms with Crippen LogP contribution in [0.4, 0.5) is 4.39 Å². The van der Waals surface area contributed by atoms with Crippen molar-refractivity contribution in [3.05, 3.63) is 34.1 Å². The molecule has 19 heavy (non-hydrogen) atoms. The van der Waals surface area contributed by atoms with Crippen molar-refractivity contribution in [2.45, 2.75) is 19.3 Å². The third-order valence-corrected chi connectivity index (χ3v) is 3.21. The Kier molecular flexibility index (Phi) is 5.05. The lowest BCUT2D eigenvalue weighted by atomic mass is 9.84. The standard InChI is InChI=1S/C13H15BrFNO3/c1-13(2,7-16-11(17)12(18)19-3)9-6-8(14)4-5-10(9)15/h4-6H,7H2,1-3H3,(H,16,17). The highest BCUT2D eigenvalue weighted by molar-refractivity contribution is 9.10. The first-order chi connectivity index (χ1) is 8.77. The summed E-state index contributed by atoms with van der Waals surface area (Å²) in [5.41, 5.74) is -0.204. The molecule has 104 valence electrons. The minimum absolute atomic E-state index is 0.119. The van der Waals surface area contributed by atoms with Crippen molar-refractivity contribution in [1.82, 2.24) is 5.32 Å². The maximum absolute atomic E-state index is 13.8. The van der Waals surface area contributed by atoms with Crippen LogP contribution in [0.5, 0.6) is 0 Å². The van der Waals surface area contributed by atoms with Gasteiger partial charge in [-0.2, -0.15) is 0 Å². The number of carbonyl (C=O) groups is 2. The normalized spacial score (nSPS) is 11.0. The molecule has 4 nitrogen and oxygen atoms in total. The van der Waals surface area contributed by atoms with E-state index in [0.717, 1.165) is 11.6 Å². The van der Waals surface area contributed by atoms with Crippen molar-refractivity contribution in [2.75, 3.05) is 13.7 Å². The van der Waals surface area contributed by atoms with Crippen LogP contribution in [0, 0.1) is 5.82 Å². The second kappa shape index (κ2) is 6.14. The molecule has 0 saturated heterocycles. The smallest absolute Gasteiger partial charge is 0.396 e. The fourth-order valence-corrected chi connectivity index (χ4v) is 1.94. The molecule has 1 aromatic rings. The van der Waals surface area contributed by atoms with E-state index in [9.17, 15) is 14.0 Å². The number of amides is 1. The van der Waals surface area contributed by atoms with Gasteiger partial charge in [0, 0.05) is 16.4 Å². The van der Waals surface area contributed by atoms with Gasteiger partial charge in [-0.1, -0.05) is 29.8 Å². The van der Waals surface area contributed by atoms with Crippen LogP contribution in [0.2, 0.25) is 0 Å². The summed E-state index contributed by atoms with van der Waals surface area (Å²) in [6, 6.07) is 4.60. The number of hydrogen-bond donors (Lipinski definition) is 1. The van der Waals surface area contributed by atoms with E-state index in [4.69, 9.17) is 0 Å². The lowest BCUT2D eigenvalue weighted by Gasteiger charge is -2.26. The van der Waals surface area contributed by atoms with Gasteiger partial charge in [0.2, 0.25) is 0 Å². The van der Waals surface area contributed by atoms with E-state index in [0.29, 0.717) is 5.56 Å². The summed E-state index contributed by atoms with van der Waals surface area (Å²) in [5, 5.41) is 2.42. The van der Waals surface area contributed by atoms with Gasteiger partial charge in [-0.05, 0) is 23.8 Å². The fraction of sp³-hybridized carbons (Fsp3) is 0.385. The van der Waals surface area contributed by atoms with E-state index in [1.165, 1.54) is 6.07 Å². The number of rotatable bonds is 3.